The molecule has 7 heteroatoms. The van der Waals surface area contributed by atoms with Crippen molar-refractivity contribution in [3.8, 4) is 11.9 Å². The summed E-state index contributed by atoms with van der Waals surface area (Å²) in [5.74, 6) is 1.34. The van der Waals surface area contributed by atoms with E-state index in [4.69, 9.17) is 21.6 Å². The summed E-state index contributed by atoms with van der Waals surface area (Å²) in [6.45, 7) is 3.36. The standard InChI is InChI=1S/C16H16ClN5O/c1-23-16-11-19-10-15(20-16)22-6-4-21(5-7-22)13-3-2-12(9-18)14(17)8-13/h2-3,8,10-11H,4-7H2,1H3. The van der Waals surface area contributed by atoms with E-state index in [0.29, 0.717) is 16.5 Å². The minimum atomic E-state index is 0.492. The molecule has 23 heavy (non-hydrogen) atoms. The van der Waals surface area contributed by atoms with E-state index in [1.807, 2.05) is 12.1 Å². The lowest BCUT2D eigenvalue weighted by molar-refractivity contribution is 0.395. The summed E-state index contributed by atoms with van der Waals surface area (Å²) in [4.78, 5) is 13.0. The molecular formula is C16H16ClN5O. The van der Waals surface area contributed by atoms with Crippen molar-refractivity contribution >= 4 is 23.1 Å². The quantitative estimate of drug-likeness (QED) is 0.861. The van der Waals surface area contributed by atoms with Crippen molar-refractivity contribution in [3.63, 3.8) is 0 Å². The number of piperazine rings is 1. The normalized spacial score (nSPS) is 14.5. The Hall–Kier alpha value is -2.52. The van der Waals surface area contributed by atoms with Gasteiger partial charge in [-0.2, -0.15) is 10.2 Å². The predicted octanol–water partition coefficient (Wildman–Crippen LogP) is 2.34. The van der Waals surface area contributed by atoms with Crippen molar-refractivity contribution in [1.82, 2.24) is 9.97 Å². The first-order valence-electron chi connectivity index (χ1n) is 7.27. The molecule has 2 aromatic rings. The van der Waals surface area contributed by atoms with Gasteiger partial charge in [-0.3, -0.25) is 4.98 Å². The van der Waals surface area contributed by atoms with Crippen LogP contribution in [-0.4, -0.2) is 43.3 Å². The van der Waals surface area contributed by atoms with E-state index in [0.717, 1.165) is 37.7 Å². The molecule has 1 fully saturated rings. The zero-order chi connectivity index (χ0) is 16.2. The average Bonchev–Trinajstić information content (AvgIpc) is 2.62. The number of benzene rings is 1. The van der Waals surface area contributed by atoms with Gasteiger partial charge in [0.15, 0.2) is 5.82 Å². The molecule has 1 aromatic heterocycles. The number of anilines is 2. The molecule has 0 aliphatic carbocycles. The average molecular weight is 330 g/mol. The minimum absolute atomic E-state index is 0.492. The van der Waals surface area contributed by atoms with Crippen molar-refractivity contribution in [2.75, 3.05) is 43.1 Å². The fourth-order valence-corrected chi connectivity index (χ4v) is 2.79. The van der Waals surface area contributed by atoms with Crippen LogP contribution in [0, 0.1) is 11.3 Å². The zero-order valence-electron chi connectivity index (χ0n) is 12.7. The molecule has 118 valence electrons. The van der Waals surface area contributed by atoms with Crippen LogP contribution >= 0.6 is 11.6 Å². The van der Waals surface area contributed by atoms with Crippen molar-refractivity contribution < 1.29 is 4.74 Å². The van der Waals surface area contributed by atoms with Gasteiger partial charge < -0.3 is 14.5 Å². The summed E-state index contributed by atoms with van der Waals surface area (Å²) in [7, 11) is 1.58. The van der Waals surface area contributed by atoms with Crippen LogP contribution in [0.15, 0.2) is 30.6 Å². The molecule has 0 atom stereocenters. The molecule has 0 N–H and O–H groups in total. The highest BCUT2D eigenvalue weighted by molar-refractivity contribution is 6.32. The second kappa shape index (κ2) is 6.71. The van der Waals surface area contributed by atoms with Gasteiger partial charge in [-0.15, -0.1) is 0 Å². The van der Waals surface area contributed by atoms with Crippen LogP contribution in [0.5, 0.6) is 5.88 Å². The maximum absolute atomic E-state index is 8.95. The number of rotatable bonds is 3. The number of methoxy groups -OCH3 is 1. The molecule has 1 aliphatic rings. The van der Waals surface area contributed by atoms with E-state index in [9.17, 15) is 0 Å². The van der Waals surface area contributed by atoms with E-state index in [2.05, 4.69) is 25.8 Å². The second-order valence-corrected chi connectivity index (χ2v) is 5.58. The maximum Gasteiger partial charge on any atom is 0.233 e. The van der Waals surface area contributed by atoms with Gasteiger partial charge in [0.25, 0.3) is 0 Å². The van der Waals surface area contributed by atoms with Crippen LogP contribution in [-0.2, 0) is 0 Å². The third kappa shape index (κ3) is 3.30. The van der Waals surface area contributed by atoms with Gasteiger partial charge in [-0.05, 0) is 18.2 Å². The van der Waals surface area contributed by atoms with Gasteiger partial charge in [-0.1, -0.05) is 11.6 Å². The second-order valence-electron chi connectivity index (χ2n) is 5.17. The van der Waals surface area contributed by atoms with Crippen molar-refractivity contribution in [3.05, 3.63) is 41.2 Å². The summed E-state index contributed by atoms with van der Waals surface area (Å²) < 4.78 is 5.12. The molecule has 0 amide bonds. The van der Waals surface area contributed by atoms with Gasteiger partial charge in [0.1, 0.15) is 6.07 Å². The molecule has 0 radical (unpaired) electrons. The van der Waals surface area contributed by atoms with Crippen LogP contribution in [0.25, 0.3) is 0 Å². The highest BCUT2D eigenvalue weighted by Crippen LogP contribution is 2.25. The maximum atomic E-state index is 8.95. The Morgan fingerprint density at radius 2 is 1.91 bits per heavy atom. The summed E-state index contributed by atoms with van der Waals surface area (Å²) in [6, 6.07) is 7.62. The highest BCUT2D eigenvalue weighted by atomic mass is 35.5. The van der Waals surface area contributed by atoms with Crippen molar-refractivity contribution in [2.45, 2.75) is 0 Å². The fourth-order valence-electron chi connectivity index (χ4n) is 2.57. The van der Waals surface area contributed by atoms with Gasteiger partial charge in [0.05, 0.1) is 30.1 Å². The summed E-state index contributed by atoms with van der Waals surface area (Å²) >= 11 is 6.11. The van der Waals surface area contributed by atoms with Gasteiger partial charge in [0, 0.05) is 31.9 Å². The van der Waals surface area contributed by atoms with Crippen molar-refractivity contribution in [2.24, 2.45) is 0 Å². The molecule has 0 saturated carbocycles. The summed E-state index contributed by atoms with van der Waals surface area (Å²) in [5.41, 5.74) is 1.53. The Morgan fingerprint density at radius 1 is 1.17 bits per heavy atom. The van der Waals surface area contributed by atoms with Crippen LogP contribution in [0.1, 0.15) is 5.56 Å². The lowest BCUT2D eigenvalue weighted by atomic mass is 10.2. The number of hydrogen-bond acceptors (Lipinski definition) is 6. The SMILES string of the molecule is COc1cncc(N2CCN(c3ccc(C#N)c(Cl)c3)CC2)n1. The van der Waals surface area contributed by atoms with Crippen LogP contribution < -0.4 is 14.5 Å². The zero-order valence-corrected chi connectivity index (χ0v) is 13.5. The van der Waals surface area contributed by atoms with Crippen LogP contribution in [0.4, 0.5) is 11.5 Å². The number of hydrogen-bond donors (Lipinski definition) is 0. The molecule has 6 nitrogen and oxygen atoms in total. The van der Waals surface area contributed by atoms with Gasteiger partial charge in [0.2, 0.25) is 5.88 Å². The van der Waals surface area contributed by atoms with Crippen LogP contribution in [0.3, 0.4) is 0 Å². The molecule has 0 bridgehead atoms. The predicted molar refractivity (Wildman–Crippen MR) is 89.2 cm³/mol. The summed E-state index contributed by atoms with van der Waals surface area (Å²) in [6.07, 6.45) is 3.34. The molecule has 0 spiro atoms. The molecule has 1 aromatic carbocycles. The van der Waals surface area contributed by atoms with E-state index in [1.54, 1.807) is 25.6 Å². The minimum Gasteiger partial charge on any atom is -0.480 e. The number of nitrogens with zero attached hydrogens (tertiary/aromatic N) is 5. The highest BCUT2D eigenvalue weighted by Gasteiger charge is 2.19. The third-order valence-electron chi connectivity index (χ3n) is 3.85. The first-order chi connectivity index (χ1) is 11.2. The number of halogens is 1. The first kappa shape index (κ1) is 15.4. The lowest BCUT2D eigenvalue weighted by Crippen LogP contribution is -2.46. The monoisotopic (exact) mass is 329 g/mol. The topological polar surface area (TPSA) is 65.3 Å². The van der Waals surface area contributed by atoms with E-state index >= 15 is 0 Å². The molecular weight excluding hydrogens is 314 g/mol. The number of nitriles is 1. The molecule has 1 aliphatic heterocycles. The third-order valence-corrected chi connectivity index (χ3v) is 4.16. The Labute approximate surface area is 139 Å². The summed E-state index contributed by atoms with van der Waals surface area (Å²) in [5, 5.41) is 9.44. The largest absolute Gasteiger partial charge is 0.480 e. The Bertz CT molecular complexity index is 737. The lowest BCUT2D eigenvalue weighted by Gasteiger charge is -2.36. The van der Waals surface area contributed by atoms with Gasteiger partial charge in [-0.25, -0.2) is 0 Å². The molecule has 3 rings (SSSR count). The van der Waals surface area contributed by atoms with E-state index in [-0.39, 0.29) is 0 Å². The Kier molecular flexibility index (Phi) is 4.49. The molecule has 1 saturated heterocycles. The van der Waals surface area contributed by atoms with Crippen LogP contribution in [0.2, 0.25) is 5.02 Å². The number of aromatic nitrogens is 2. The van der Waals surface area contributed by atoms with Gasteiger partial charge >= 0.3 is 0 Å². The van der Waals surface area contributed by atoms with E-state index in [1.165, 1.54) is 0 Å². The Balaban J connectivity index is 1.68. The fraction of sp³-hybridized carbons (Fsp3) is 0.312. The first-order valence-corrected chi connectivity index (χ1v) is 7.64. The van der Waals surface area contributed by atoms with Crippen molar-refractivity contribution in [1.29, 1.82) is 5.26 Å². The molecule has 2 heterocycles. The molecule has 0 unspecified atom stereocenters. The number of ether oxygens (including phenoxy) is 1. The van der Waals surface area contributed by atoms with E-state index < -0.39 is 0 Å². The Morgan fingerprint density at radius 3 is 2.57 bits per heavy atom. The smallest absolute Gasteiger partial charge is 0.233 e.